The van der Waals surface area contributed by atoms with Crippen LogP contribution in [0.5, 0.6) is 0 Å². The lowest BCUT2D eigenvalue weighted by Gasteiger charge is -2.29. The molecule has 2 unspecified atom stereocenters. The fourth-order valence-corrected chi connectivity index (χ4v) is 3.18. The molecule has 0 radical (unpaired) electrons. The van der Waals surface area contributed by atoms with Gasteiger partial charge in [-0.05, 0) is 31.9 Å². The van der Waals surface area contributed by atoms with E-state index in [1.165, 1.54) is 12.3 Å². The first kappa shape index (κ1) is 14.1. The van der Waals surface area contributed by atoms with Gasteiger partial charge in [0.1, 0.15) is 0 Å². The van der Waals surface area contributed by atoms with E-state index in [-0.39, 0.29) is 17.0 Å². The number of nitrogens with two attached hydrogens (primary N) is 1. The fourth-order valence-electron chi connectivity index (χ4n) is 2.34. The summed E-state index contributed by atoms with van der Waals surface area (Å²) in [5.41, 5.74) is 6.93. The number of nitrogens with one attached hydrogen (secondary N) is 1. The van der Waals surface area contributed by atoms with Crippen molar-refractivity contribution in [1.29, 1.82) is 0 Å². The van der Waals surface area contributed by atoms with Crippen molar-refractivity contribution in [1.82, 2.24) is 0 Å². The first-order valence-electron chi connectivity index (χ1n) is 6.34. The van der Waals surface area contributed by atoms with Gasteiger partial charge in [0.25, 0.3) is 0 Å². The van der Waals surface area contributed by atoms with Gasteiger partial charge in [0.2, 0.25) is 0 Å². The van der Waals surface area contributed by atoms with Crippen molar-refractivity contribution in [2.75, 3.05) is 23.9 Å². The Bertz CT molecular complexity index is 557. The highest BCUT2D eigenvalue weighted by atomic mass is 32.2. The molecule has 0 saturated carbocycles. The molecule has 1 saturated heterocycles. The SMILES string of the molecule is CC1CC(Nc2cccc(S(C)(=O)=O)c2N)CCO1. The molecule has 106 valence electrons. The standard InChI is InChI=1S/C13H20N2O3S/c1-9-8-10(6-7-18-9)15-11-4-3-5-12(13(11)14)19(2,16)17/h3-5,9-10,15H,6-8,14H2,1-2H3. The van der Waals surface area contributed by atoms with Gasteiger partial charge in [0.15, 0.2) is 9.84 Å². The molecule has 1 aliphatic heterocycles. The number of sulfone groups is 1. The van der Waals surface area contributed by atoms with E-state index in [0.717, 1.165) is 12.8 Å². The third-order valence-corrected chi connectivity index (χ3v) is 4.47. The number of rotatable bonds is 3. The average Bonchev–Trinajstić information content (AvgIpc) is 2.30. The summed E-state index contributed by atoms with van der Waals surface area (Å²) in [6.07, 6.45) is 3.17. The first-order valence-corrected chi connectivity index (χ1v) is 8.23. The summed E-state index contributed by atoms with van der Waals surface area (Å²) in [7, 11) is -3.30. The zero-order valence-corrected chi connectivity index (χ0v) is 12.0. The summed E-state index contributed by atoms with van der Waals surface area (Å²) in [6.45, 7) is 2.74. The molecule has 0 aromatic heterocycles. The Balaban J connectivity index is 2.21. The Labute approximate surface area is 114 Å². The van der Waals surface area contributed by atoms with Gasteiger partial charge in [0, 0.05) is 18.9 Å². The molecule has 6 heteroatoms. The normalized spacial score (nSPS) is 24.1. The van der Waals surface area contributed by atoms with Crippen LogP contribution in [0.15, 0.2) is 23.1 Å². The lowest BCUT2D eigenvalue weighted by Crippen LogP contribution is -2.32. The van der Waals surface area contributed by atoms with E-state index < -0.39 is 9.84 Å². The highest BCUT2D eigenvalue weighted by Crippen LogP contribution is 2.28. The Hall–Kier alpha value is -1.27. The molecule has 19 heavy (non-hydrogen) atoms. The molecule has 1 fully saturated rings. The highest BCUT2D eigenvalue weighted by Gasteiger charge is 2.21. The number of anilines is 2. The predicted molar refractivity (Wildman–Crippen MR) is 76.0 cm³/mol. The summed E-state index contributed by atoms with van der Waals surface area (Å²) in [6, 6.07) is 5.31. The van der Waals surface area contributed by atoms with Gasteiger partial charge in [0.05, 0.1) is 22.4 Å². The Morgan fingerprint density at radius 1 is 1.42 bits per heavy atom. The molecule has 0 bridgehead atoms. The summed E-state index contributed by atoms with van der Waals surface area (Å²) < 4.78 is 28.7. The van der Waals surface area contributed by atoms with Crippen molar-refractivity contribution < 1.29 is 13.2 Å². The topological polar surface area (TPSA) is 81.4 Å². The van der Waals surface area contributed by atoms with Gasteiger partial charge in [-0.1, -0.05) is 6.07 Å². The molecule has 1 aliphatic rings. The predicted octanol–water partition coefficient (Wildman–Crippen LogP) is 1.65. The number of hydrogen-bond acceptors (Lipinski definition) is 5. The zero-order valence-electron chi connectivity index (χ0n) is 11.2. The van der Waals surface area contributed by atoms with Crippen LogP contribution < -0.4 is 11.1 Å². The molecule has 1 aromatic carbocycles. The van der Waals surface area contributed by atoms with Gasteiger partial charge in [-0.3, -0.25) is 0 Å². The zero-order chi connectivity index (χ0) is 14.0. The third kappa shape index (κ3) is 3.39. The van der Waals surface area contributed by atoms with Gasteiger partial charge in [-0.2, -0.15) is 0 Å². The lowest BCUT2D eigenvalue weighted by atomic mass is 10.0. The van der Waals surface area contributed by atoms with Crippen LogP contribution in [0.3, 0.4) is 0 Å². The molecule has 5 nitrogen and oxygen atoms in total. The van der Waals surface area contributed by atoms with Crippen LogP contribution >= 0.6 is 0 Å². The van der Waals surface area contributed by atoms with E-state index in [2.05, 4.69) is 5.32 Å². The van der Waals surface area contributed by atoms with Crippen molar-refractivity contribution >= 4 is 21.2 Å². The molecular formula is C13H20N2O3S. The van der Waals surface area contributed by atoms with Crippen molar-refractivity contribution in [3.8, 4) is 0 Å². The largest absolute Gasteiger partial charge is 0.396 e. The van der Waals surface area contributed by atoms with Crippen molar-refractivity contribution in [3.05, 3.63) is 18.2 Å². The number of benzene rings is 1. The molecular weight excluding hydrogens is 264 g/mol. The number of para-hydroxylation sites is 1. The molecule has 0 aliphatic carbocycles. The van der Waals surface area contributed by atoms with E-state index >= 15 is 0 Å². The van der Waals surface area contributed by atoms with Crippen molar-refractivity contribution in [2.24, 2.45) is 0 Å². The minimum Gasteiger partial charge on any atom is -0.396 e. The van der Waals surface area contributed by atoms with Crippen LogP contribution in [0.4, 0.5) is 11.4 Å². The summed E-state index contributed by atoms with van der Waals surface area (Å²) >= 11 is 0. The van der Waals surface area contributed by atoms with E-state index in [1.807, 2.05) is 13.0 Å². The maximum Gasteiger partial charge on any atom is 0.177 e. The highest BCUT2D eigenvalue weighted by molar-refractivity contribution is 7.90. The quantitative estimate of drug-likeness (QED) is 0.825. The van der Waals surface area contributed by atoms with E-state index in [9.17, 15) is 8.42 Å². The summed E-state index contributed by atoms with van der Waals surface area (Å²) in [4.78, 5) is 0.178. The fraction of sp³-hybridized carbons (Fsp3) is 0.538. The van der Waals surface area contributed by atoms with Gasteiger partial charge < -0.3 is 15.8 Å². The van der Waals surface area contributed by atoms with Crippen LogP contribution in [0.2, 0.25) is 0 Å². The molecule has 0 amide bonds. The van der Waals surface area contributed by atoms with Gasteiger partial charge in [-0.15, -0.1) is 0 Å². The molecule has 2 rings (SSSR count). The number of hydrogen-bond donors (Lipinski definition) is 2. The minimum atomic E-state index is -3.30. The van der Waals surface area contributed by atoms with Crippen molar-refractivity contribution in [3.63, 3.8) is 0 Å². The van der Waals surface area contributed by atoms with Crippen LogP contribution in [0.1, 0.15) is 19.8 Å². The molecule has 1 heterocycles. The summed E-state index contributed by atoms with van der Waals surface area (Å²) in [5.74, 6) is 0. The molecule has 1 aromatic rings. The number of ether oxygens (including phenoxy) is 1. The smallest absolute Gasteiger partial charge is 0.177 e. The van der Waals surface area contributed by atoms with Crippen molar-refractivity contribution in [2.45, 2.75) is 36.8 Å². The maximum absolute atomic E-state index is 11.6. The van der Waals surface area contributed by atoms with Gasteiger partial charge >= 0.3 is 0 Å². The molecule has 3 N–H and O–H groups in total. The molecule has 2 atom stereocenters. The second kappa shape index (κ2) is 5.38. The van der Waals surface area contributed by atoms with Crippen LogP contribution in [0.25, 0.3) is 0 Å². The first-order chi connectivity index (χ1) is 8.88. The lowest BCUT2D eigenvalue weighted by molar-refractivity contribution is 0.0232. The summed E-state index contributed by atoms with van der Waals surface area (Å²) in [5, 5.41) is 3.32. The Morgan fingerprint density at radius 2 is 2.16 bits per heavy atom. The minimum absolute atomic E-state index is 0.178. The van der Waals surface area contributed by atoms with Crippen LogP contribution in [-0.4, -0.2) is 33.4 Å². The maximum atomic E-state index is 11.6. The second-order valence-corrected chi connectivity index (χ2v) is 7.02. The van der Waals surface area contributed by atoms with Gasteiger partial charge in [-0.25, -0.2) is 8.42 Å². The second-order valence-electron chi connectivity index (χ2n) is 5.04. The van der Waals surface area contributed by atoms with Crippen LogP contribution in [-0.2, 0) is 14.6 Å². The van der Waals surface area contributed by atoms with E-state index in [0.29, 0.717) is 18.0 Å². The average molecular weight is 284 g/mol. The Morgan fingerprint density at radius 3 is 2.79 bits per heavy atom. The Kier molecular flexibility index (Phi) is 4.01. The monoisotopic (exact) mass is 284 g/mol. The van der Waals surface area contributed by atoms with E-state index in [1.54, 1.807) is 6.07 Å². The third-order valence-electron chi connectivity index (χ3n) is 3.31. The molecule has 0 spiro atoms. The van der Waals surface area contributed by atoms with E-state index in [4.69, 9.17) is 10.5 Å². The van der Waals surface area contributed by atoms with Crippen LogP contribution in [0, 0.1) is 0 Å². The number of nitrogen functional groups attached to an aromatic ring is 1.